The van der Waals surface area contributed by atoms with Crippen molar-refractivity contribution in [2.24, 2.45) is 11.3 Å². The van der Waals surface area contributed by atoms with E-state index in [9.17, 15) is 0 Å². The molecule has 8 rings (SSSR count). The first-order chi connectivity index (χ1) is 25.0. The zero-order valence-electron chi connectivity index (χ0n) is 31.9. The number of benzene rings is 4. The SMILES string of the molecule is CC(C)(C)Cc1cc(-c2[c-]cccc2)ncc1[Si](C)(C)C.[Ir].[c-]1ccc2c(sc3cccc(-c4ccccc4)c32)c1-c1cc(CC2CCCC2)ccn1. The Bertz CT molecular complexity index is 2280. The summed E-state index contributed by atoms with van der Waals surface area (Å²) in [6.45, 7) is 14.1. The second kappa shape index (κ2) is 16.7. The minimum Gasteiger partial charge on any atom is -0.305 e. The minimum atomic E-state index is -1.37. The molecule has 3 aromatic heterocycles. The van der Waals surface area contributed by atoms with Crippen molar-refractivity contribution in [3.63, 3.8) is 0 Å². The van der Waals surface area contributed by atoms with Gasteiger partial charge in [0.05, 0.1) is 8.07 Å². The first-order valence-electron chi connectivity index (χ1n) is 18.9. The maximum atomic E-state index is 4.76. The van der Waals surface area contributed by atoms with Gasteiger partial charge in [0.15, 0.2) is 0 Å². The van der Waals surface area contributed by atoms with Crippen LogP contribution in [0.25, 0.3) is 53.8 Å². The van der Waals surface area contributed by atoms with Gasteiger partial charge >= 0.3 is 0 Å². The molecule has 1 radical (unpaired) electrons. The van der Waals surface area contributed by atoms with Gasteiger partial charge in [-0.2, -0.15) is 11.3 Å². The average Bonchev–Trinajstić information content (AvgIpc) is 3.79. The maximum Gasteiger partial charge on any atom is 0.0798 e. The largest absolute Gasteiger partial charge is 0.305 e. The topological polar surface area (TPSA) is 25.8 Å². The summed E-state index contributed by atoms with van der Waals surface area (Å²) >= 11 is 1.86. The Balaban J connectivity index is 0.000000193. The number of nitrogens with zero attached hydrogens (tertiary/aromatic N) is 2. The average molecular weight is 907 g/mol. The molecule has 0 atom stereocenters. The predicted octanol–water partition coefficient (Wildman–Crippen LogP) is 13.0. The Labute approximate surface area is 335 Å². The van der Waals surface area contributed by atoms with Crippen molar-refractivity contribution < 1.29 is 20.1 Å². The number of hydrogen-bond donors (Lipinski definition) is 0. The summed E-state index contributed by atoms with van der Waals surface area (Å²) in [7, 11) is -1.37. The summed E-state index contributed by atoms with van der Waals surface area (Å²) in [5.74, 6) is 0.841. The molecule has 0 aliphatic heterocycles. The van der Waals surface area contributed by atoms with Gasteiger partial charge in [-0.05, 0) is 74.1 Å². The van der Waals surface area contributed by atoms with Gasteiger partial charge in [0.25, 0.3) is 0 Å². The van der Waals surface area contributed by atoms with Gasteiger partial charge in [0.2, 0.25) is 0 Å². The van der Waals surface area contributed by atoms with Crippen LogP contribution in [0.3, 0.4) is 0 Å². The summed E-state index contributed by atoms with van der Waals surface area (Å²) < 4.78 is 2.60. The van der Waals surface area contributed by atoms with E-state index in [0.29, 0.717) is 0 Å². The van der Waals surface area contributed by atoms with Crippen LogP contribution in [-0.4, -0.2) is 18.0 Å². The molecule has 0 spiro atoms. The van der Waals surface area contributed by atoms with Crippen LogP contribution >= 0.6 is 11.3 Å². The molecule has 1 aliphatic rings. The Morgan fingerprint density at radius 2 is 1.57 bits per heavy atom. The van der Waals surface area contributed by atoms with Crippen molar-refractivity contribution in [2.75, 3.05) is 0 Å². The standard InChI is InChI=1S/C29H24NS.C19H26NSi.Ir/c1-2-10-22(11-3-1)23-12-7-15-27-28(23)25-14-6-13-24(29(25)31-27)26-19-21(16-17-30-26)18-20-8-4-5-9-20;1-19(2,3)13-16-12-17(15-10-8-7-9-11-15)20-14-18(16)21(4,5)6;/h1-3,6-7,10-12,14-17,19-20H,4-5,8-9,18H2;7-10,12,14H,13H2,1-6H3;/q2*-1;. The zero-order valence-corrected chi connectivity index (χ0v) is 36.1. The molecule has 1 saturated carbocycles. The van der Waals surface area contributed by atoms with E-state index in [1.165, 1.54) is 79.7 Å². The molecule has 4 aromatic carbocycles. The van der Waals surface area contributed by atoms with Crippen LogP contribution in [0.15, 0.2) is 116 Å². The quantitative estimate of drug-likeness (QED) is 0.118. The van der Waals surface area contributed by atoms with Gasteiger partial charge in [-0.1, -0.05) is 137 Å². The fourth-order valence-electron chi connectivity index (χ4n) is 7.72. The van der Waals surface area contributed by atoms with Crippen LogP contribution in [0.4, 0.5) is 0 Å². The number of fused-ring (bicyclic) bond motifs is 3. The number of rotatable bonds is 7. The molecular weight excluding hydrogens is 857 g/mol. The molecule has 273 valence electrons. The first kappa shape index (κ1) is 39.0. The smallest absolute Gasteiger partial charge is 0.0798 e. The van der Waals surface area contributed by atoms with Crippen molar-refractivity contribution in [3.05, 3.63) is 139 Å². The molecule has 2 nitrogen and oxygen atoms in total. The molecule has 0 N–H and O–H groups in total. The molecule has 5 heteroatoms. The van der Waals surface area contributed by atoms with E-state index >= 15 is 0 Å². The molecular formula is C48H50IrN2SSi-2. The van der Waals surface area contributed by atoms with Gasteiger partial charge in [0, 0.05) is 37.2 Å². The third-order valence-corrected chi connectivity index (χ3v) is 13.4. The molecule has 0 amide bonds. The van der Waals surface area contributed by atoms with Gasteiger partial charge in [-0.15, -0.1) is 59.7 Å². The fourth-order valence-corrected chi connectivity index (χ4v) is 10.5. The third kappa shape index (κ3) is 9.32. The summed E-state index contributed by atoms with van der Waals surface area (Å²) in [6.07, 6.45) is 11.9. The van der Waals surface area contributed by atoms with E-state index in [2.05, 4.69) is 144 Å². The van der Waals surface area contributed by atoms with E-state index in [-0.39, 0.29) is 25.5 Å². The minimum absolute atomic E-state index is 0. The Kier molecular flexibility index (Phi) is 12.3. The van der Waals surface area contributed by atoms with Crippen LogP contribution in [0.1, 0.15) is 57.6 Å². The van der Waals surface area contributed by atoms with Crippen molar-refractivity contribution in [2.45, 2.75) is 78.9 Å². The summed E-state index contributed by atoms with van der Waals surface area (Å²) in [6, 6.07) is 43.3. The van der Waals surface area contributed by atoms with Crippen LogP contribution in [0.5, 0.6) is 0 Å². The Hall–Kier alpha value is -3.73. The third-order valence-electron chi connectivity index (χ3n) is 10.1. The molecule has 0 saturated heterocycles. The number of thiophene rings is 1. The number of pyridine rings is 2. The van der Waals surface area contributed by atoms with Gasteiger partial charge in [0.1, 0.15) is 0 Å². The Morgan fingerprint density at radius 3 is 2.28 bits per heavy atom. The summed E-state index contributed by atoms with van der Waals surface area (Å²) in [5, 5.41) is 4.12. The summed E-state index contributed by atoms with van der Waals surface area (Å²) in [5.41, 5.74) is 10.0. The van der Waals surface area contributed by atoms with Crippen molar-refractivity contribution in [3.8, 4) is 33.6 Å². The molecule has 1 fully saturated rings. The van der Waals surface area contributed by atoms with Crippen molar-refractivity contribution in [1.29, 1.82) is 0 Å². The fraction of sp³-hybridized carbons (Fsp3) is 0.292. The molecule has 3 heterocycles. The molecule has 53 heavy (non-hydrogen) atoms. The van der Waals surface area contributed by atoms with Gasteiger partial charge in [-0.3, -0.25) is 0 Å². The van der Waals surface area contributed by atoms with Crippen LogP contribution in [0.2, 0.25) is 19.6 Å². The predicted molar refractivity (Wildman–Crippen MR) is 227 cm³/mol. The van der Waals surface area contributed by atoms with E-state index in [1.807, 2.05) is 35.7 Å². The van der Waals surface area contributed by atoms with Crippen molar-refractivity contribution >= 4 is 44.8 Å². The zero-order chi connectivity index (χ0) is 36.3. The summed E-state index contributed by atoms with van der Waals surface area (Å²) in [4.78, 5) is 9.47. The van der Waals surface area contributed by atoms with Crippen LogP contribution in [0, 0.1) is 23.5 Å². The number of aromatic nitrogens is 2. The van der Waals surface area contributed by atoms with E-state index in [4.69, 9.17) is 9.97 Å². The van der Waals surface area contributed by atoms with Gasteiger partial charge < -0.3 is 9.97 Å². The van der Waals surface area contributed by atoms with E-state index < -0.39 is 8.07 Å². The molecule has 1 aliphatic carbocycles. The number of hydrogen-bond acceptors (Lipinski definition) is 3. The normalized spacial score (nSPS) is 13.5. The van der Waals surface area contributed by atoms with E-state index in [0.717, 1.165) is 34.9 Å². The van der Waals surface area contributed by atoms with Crippen LogP contribution in [-0.2, 0) is 32.9 Å². The molecule has 0 bridgehead atoms. The Morgan fingerprint density at radius 1 is 0.792 bits per heavy atom. The first-order valence-corrected chi connectivity index (χ1v) is 23.2. The molecule has 7 aromatic rings. The second-order valence-corrected chi connectivity index (χ2v) is 22.7. The maximum absolute atomic E-state index is 4.76. The van der Waals surface area contributed by atoms with Crippen molar-refractivity contribution in [1.82, 2.24) is 9.97 Å². The van der Waals surface area contributed by atoms with Gasteiger partial charge in [-0.25, -0.2) is 0 Å². The molecule has 0 unspecified atom stereocenters. The van der Waals surface area contributed by atoms with Crippen LogP contribution < -0.4 is 5.19 Å². The second-order valence-electron chi connectivity index (χ2n) is 16.6. The van der Waals surface area contributed by atoms with E-state index in [1.54, 1.807) is 0 Å². The monoisotopic (exact) mass is 907 g/mol.